The Bertz CT molecular complexity index is 625. The van der Waals surface area contributed by atoms with Crippen molar-refractivity contribution in [1.82, 2.24) is 0 Å². The molecule has 20 heavy (non-hydrogen) atoms. The van der Waals surface area contributed by atoms with E-state index in [0.717, 1.165) is 3.79 Å². The number of methoxy groups -OCH3 is 1. The predicted molar refractivity (Wildman–Crippen MR) is 82.4 cm³/mol. The minimum absolute atomic E-state index is 0.172. The number of nitrogens with one attached hydrogen (secondary N) is 2. The Kier molecular flexibility index (Phi) is 4.75. The summed E-state index contributed by atoms with van der Waals surface area (Å²) in [6, 6.07) is 10.3. The highest BCUT2D eigenvalue weighted by atomic mass is 79.9. The van der Waals surface area contributed by atoms with Crippen LogP contribution in [0.5, 0.6) is 0 Å². The van der Waals surface area contributed by atoms with Crippen LogP contribution in [-0.2, 0) is 4.74 Å². The lowest BCUT2D eigenvalue weighted by molar-refractivity contribution is 0.103. The molecule has 0 fully saturated rings. The molecule has 1 aromatic carbocycles. The van der Waals surface area contributed by atoms with Crippen LogP contribution >= 0.6 is 27.3 Å². The third-order valence-electron chi connectivity index (χ3n) is 2.37. The molecular weight excluding hydrogens is 344 g/mol. The highest BCUT2D eigenvalue weighted by Gasteiger charge is 2.09. The Morgan fingerprint density at radius 3 is 2.15 bits per heavy atom. The zero-order valence-electron chi connectivity index (χ0n) is 10.5. The second-order valence-corrected chi connectivity index (χ2v) is 6.21. The second kappa shape index (κ2) is 6.53. The van der Waals surface area contributed by atoms with Crippen LogP contribution in [0.15, 0.2) is 40.2 Å². The molecule has 2 N–H and O–H groups in total. The van der Waals surface area contributed by atoms with E-state index in [1.807, 2.05) is 6.07 Å². The number of amides is 2. The molecule has 0 atom stereocenters. The van der Waals surface area contributed by atoms with Gasteiger partial charge in [-0.3, -0.25) is 10.1 Å². The van der Waals surface area contributed by atoms with Crippen molar-refractivity contribution < 1.29 is 14.3 Å². The van der Waals surface area contributed by atoms with Gasteiger partial charge in [-0.15, -0.1) is 11.3 Å². The van der Waals surface area contributed by atoms with Crippen LogP contribution in [0.3, 0.4) is 0 Å². The van der Waals surface area contributed by atoms with E-state index in [9.17, 15) is 9.59 Å². The average Bonchev–Trinajstić information content (AvgIpc) is 2.87. The van der Waals surface area contributed by atoms with Gasteiger partial charge >= 0.3 is 6.09 Å². The molecule has 0 saturated carbocycles. The van der Waals surface area contributed by atoms with Crippen molar-refractivity contribution in [2.24, 2.45) is 0 Å². The van der Waals surface area contributed by atoms with Crippen LogP contribution in [0.25, 0.3) is 0 Å². The first-order valence-electron chi connectivity index (χ1n) is 5.60. The maximum absolute atomic E-state index is 11.9. The topological polar surface area (TPSA) is 67.4 Å². The quantitative estimate of drug-likeness (QED) is 0.876. The fraction of sp³-hybridized carbons (Fsp3) is 0.0769. The SMILES string of the molecule is COC(=O)Nc1ccc(NC(=O)c2ccc(Br)s2)cc1. The molecule has 1 heterocycles. The van der Waals surface area contributed by atoms with Crippen LogP contribution in [0, 0.1) is 0 Å². The molecule has 0 unspecified atom stereocenters. The largest absolute Gasteiger partial charge is 0.453 e. The predicted octanol–water partition coefficient (Wildman–Crippen LogP) is 3.94. The van der Waals surface area contributed by atoms with Crippen LogP contribution in [0.1, 0.15) is 9.67 Å². The summed E-state index contributed by atoms with van der Waals surface area (Å²) < 4.78 is 5.39. The van der Waals surface area contributed by atoms with Crippen molar-refractivity contribution in [2.75, 3.05) is 17.7 Å². The standard InChI is InChI=1S/C13H11BrN2O3S/c1-19-13(18)16-9-4-2-8(3-5-9)15-12(17)10-6-7-11(14)20-10/h2-7H,1H3,(H,15,17)(H,16,18). The Balaban J connectivity index is 2.00. The lowest BCUT2D eigenvalue weighted by Gasteiger charge is -2.06. The number of hydrogen-bond donors (Lipinski definition) is 2. The number of ether oxygens (including phenoxy) is 1. The van der Waals surface area contributed by atoms with E-state index in [-0.39, 0.29) is 5.91 Å². The lowest BCUT2D eigenvalue weighted by Crippen LogP contribution is -2.12. The van der Waals surface area contributed by atoms with E-state index in [2.05, 4.69) is 31.3 Å². The van der Waals surface area contributed by atoms with Crippen molar-refractivity contribution in [2.45, 2.75) is 0 Å². The fourth-order valence-electron chi connectivity index (χ4n) is 1.43. The van der Waals surface area contributed by atoms with Gasteiger partial charge in [0.15, 0.2) is 0 Å². The van der Waals surface area contributed by atoms with Gasteiger partial charge in [0.25, 0.3) is 5.91 Å². The number of carbonyl (C=O) groups is 2. The third-order valence-corrected chi connectivity index (χ3v) is 3.99. The molecule has 0 saturated heterocycles. The Labute approximate surface area is 128 Å². The van der Waals surface area contributed by atoms with Crippen LogP contribution < -0.4 is 10.6 Å². The minimum Gasteiger partial charge on any atom is -0.453 e. The van der Waals surface area contributed by atoms with E-state index < -0.39 is 6.09 Å². The molecule has 0 aliphatic rings. The Morgan fingerprint density at radius 2 is 1.65 bits per heavy atom. The smallest absolute Gasteiger partial charge is 0.411 e. The highest BCUT2D eigenvalue weighted by Crippen LogP contribution is 2.23. The molecule has 0 radical (unpaired) electrons. The van der Waals surface area contributed by atoms with Crippen molar-refractivity contribution in [3.05, 3.63) is 45.1 Å². The van der Waals surface area contributed by atoms with Gasteiger partial charge in [0.1, 0.15) is 0 Å². The van der Waals surface area contributed by atoms with Gasteiger partial charge in [-0.2, -0.15) is 0 Å². The van der Waals surface area contributed by atoms with Crippen molar-refractivity contribution in [3.63, 3.8) is 0 Å². The first-order chi connectivity index (χ1) is 9.58. The van der Waals surface area contributed by atoms with E-state index in [1.165, 1.54) is 18.4 Å². The van der Waals surface area contributed by atoms with Crippen LogP contribution in [-0.4, -0.2) is 19.1 Å². The minimum atomic E-state index is -0.537. The van der Waals surface area contributed by atoms with Gasteiger partial charge in [0, 0.05) is 11.4 Å². The maximum Gasteiger partial charge on any atom is 0.411 e. The normalized spacial score (nSPS) is 9.90. The summed E-state index contributed by atoms with van der Waals surface area (Å²) in [4.78, 5) is 23.6. The molecule has 2 rings (SSSR count). The summed E-state index contributed by atoms with van der Waals surface area (Å²) in [5, 5.41) is 5.30. The van der Waals surface area contributed by atoms with Crippen molar-refractivity contribution in [1.29, 1.82) is 0 Å². The molecule has 2 amide bonds. The molecule has 1 aromatic heterocycles. The van der Waals surface area contributed by atoms with Crippen LogP contribution in [0.2, 0.25) is 0 Å². The summed E-state index contributed by atoms with van der Waals surface area (Å²) in [5.41, 5.74) is 1.24. The Morgan fingerprint density at radius 1 is 1.05 bits per heavy atom. The summed E-state index contributed by atoms with van der Waals surface area (Å²) >= 11 is 4.67. The summed E-state index contributed by atoms with van der Waals surface area (Å²) in [6.07, 6.45) is -0.537. The zero-order valence-corrected chi connectivity index (χ0v) is 12.9. The molecule has 7 heteroatoms. The fourth-order valence-corrected chi connectivity index (χ4v) is 2.72. The first-order valence-corrected chi connectivity index (χ1v) is 7.21. The number of halogens is 1. The monoisotopic (exact) mass is 354 g/mol. The van der Waals surface area contributed by atoms with Gasteiger partial charge < -0.3 is 10.1 Å². The van der Waals surface area contributed by atoms with Gasteiger partial charge in [-0.25, -0.2) is 4.79 Å². The summed E-state index contributed by atoms with van der Waals surface area (Å²) in [6.45, 7) is 0. The van der Waals surface area contributed by atoms with Crippen molar-refractivity contribution in [3.8, 4) is 0 Å². The number of rotatable bonds is 3. The summed E-state index contributed by atoms with van der Waals surface area (Å²) in [5.74, 6) is -0.172. The molecule has 0 spiro atoms. The number of thiophene rings is 1. The number of benzene rings is 1. The van der Waals surface area contributed by atoms with Gasteiger partial charge in [-0.1, -0.05) is 0 Å². The van der Waals surface area contributed by atoms with Gasteiger partial charge in [-0.05, 0) is 52.3 Å². The molecule has 5 nitrogen and oxygen atoms in total. The van der Waals surface area contributed by atoms with Crippen LogP contribution in [0.4, 0.5) is 16.2 Å². The number of anilines is 2. The van der Waals surface area contributed by atoms with E-state index in [4.69, 9.17) is 0 Å². The number of hydrogen-bond acceptors (Lipinski definition) is 4. The summed E-state index contributed by atoms with van der Waals surface area (Å²) in [7, 11) is 1.29. The molecule has 0 aliphatic heterocycles. The third kappa shape index (κ3) is 3.82. The molecule has 0 aliphatic carbocycles. The molecule has 104 valence electrons. The van der Waals surface area contributed by atoms with E-state index in [1.54, 1.807) is 30.3 Å². The zero-order chi connectivity index (χ0) is 14.5. The first kappa shape index (κ1) is 14.5. The second-order valence-electron chi connectivity index (χ2n) is 3.75. The highest BCUT2D eigenvalue weighted by molar-refractivity contribution is 9.11. The Hall–Kier alpha value is -1.86. The lowest BCUT2D eigenvalue weighted by atomic mass is 10.2. The van der Waals surface area contributed by atoms with Gasteiger partial charge in [0.2, 0.25) is 0 Å². The molecule has 0 bridgehead atoms. The van der Waals surface area contributed by atoms with E-state index >= 15 is 0 Å². The average molecular weight is 355 g/mol. The molecule has 2 aromatic rings. The molecular formula is C13H11BrN2O3S. The van der Waals surface area contributed by atoms with Crippen molar-refractivity contribution >= 4 is 50.6 Å². The van der Waals surface area contributed by atoms with E-state index in [0.29, 0.717) is 16.3 Å². The maximum atomic E-state index is 11.9. The number of carbonyl (C=O) groups excluding carboxylic acids is 2. The van der Waals surface area contributed by atoms with Gasteiger partial charge in [0.05, 0.1) is 15.8 Å².